The average molecular weight is 610 g/mol. The summed E-state index contributed by atoms with van der Waals surface area (Å²) in [6, 6.07) is 15.4. The van der Waals surface area contributed by atoms with Crippen LogP contribution in [0.1, 0.15) is 93.0 Å². The summed E-state index contributed by atoms with van der Waals surface area (Å²) in [6.07, 6.45) is 9.20. The molecule has 2 heterocycles. The molecule has 6 nitrogen and oxygen atoms in total. The molecule has 8 heteroatoms. The van der Waals surface area contributed by atoms with Gasteiger partial charge in [-0.25, -0.2) is 8.78 Å². The fourth-order valence-corrected chi connectivity index (χ4v) is 7.68. The van der Waals surface area contributed by atoms with Crippen LogP contribution in [-0.4, -0.2) is 90.3 Å². The number of carbonyl (C=O) groups excluding carboxylic acids is 1. The zero-order valence-electron chi connectivity index (χ0n) is 26.7. The molecule has 1 aromatic heterocycles. The number of hydrogen-bond acceptors (Lipinski definition) is 6. The first-order valence-corrected chi connectivity index (χ1v) is 17.1. The number of aryl methyl sites for hydroxylation is 1. The van der Waals surface area contributed by atoms with Crippen molar-refractivity contribution < 1.29 is 13.6 Å². The van der Waals surface area contributed by atoms with Crippen LogP contribution in [0.2, 0.25) is 0 Å². The Morgan fingerprint density at radius 3 is 2.66 bits per heavy atom. The van der Waals surface area contributed by atoms with Crippen LogP contribution in [0.25, 0.3) is 0 Å². The Balaban J connectivity index is 1.22. The molecule has 3 atom stereocenters. The van der Waals surface area contributed by atoms with Crippen LogP contribution in [0.15, 0.2) is 48.7 Å². The normalized spacial score (nSPS) is 23.8. The third-order valence-electron chi connectivity index (χ3n) is 10.5. The number of alkyl halides is 2. The molecule has 242 valence electrons. The van der Waals surface area contributed by atoms with Crippen LogP contribution in [0, 0.1) is 5.92 Å². The molecule has 0 radical (unpaired) electrons. The number of likely N-dealkylation sites (N-methyl/N-ethyl adjacent to an activating group) is 1. The monoisotopic (exact) mass is 609 g/mol. The molecule has 2 aliphatic carbocycles. The van der Waals surface area contributed by atoms with Crippen molar-refractivity contribution in [2.75, 3.05) is 52.9 Å². The lowest BCUT2D eigenvalue weighted by Gasteiger charge is -2.44. The van der Waals surface area contributed by atoms with E-state index in [1.807, 2.05) is 24.4 Å². The van der Waals surface area contributed by atoms with Crippen LogP contribution in [0.4, 0.5) is 8.78 Å². The molecule has 1 aliphatic heterocycles. The van der Waals surface area contributed by atoms with E-state index < -0.39 is 5.92 Å². The molecule has 2 fully saturated rings. The largest absolute Gasteiger partial charge is 0.330 e. The highest BCUT2D eigenvalue weighted by Crippen LogP contribution is 2.38. The maximum atomic E-state index is 13.8. The van der Waals surface area contributed by atoms with Crippen LogP contribution < -0.4 is 5.73 Å². The highest BCUT2D eigenvalue weighted by atomic mass is 19.3. The number of nitrogens with zero attached hydrogens (tertiary/aromatic N) is 4. The van der Waals surface area contributed by atoms with Crippen molar-refractivity contribution in [2.24, 2.45) is 11.7 Å². The highest BCUT2D eigenvalue weighted by molar-refractivity contribution is 5.82. The first-order chi connectivity index (χ1) is 21.3. The van der Waals surface area contributed by atoms with Crippen molar-refractivity contribution in [1.29, 1.82) is 0 Å². The molecule has 5 rings (SSSR count). The minimum Gasteiger partial charge on any atom is -0.330 e. The quantitative estimate of drug-likeness (QED) is 0.262. The molecule has 0 spiro atoms. The SMILES string of the molecule is CN1CCN(CC[C@@H](CC(=O)C2CCC(F)(F)CC2)c2ccccc2)C[C@@H]1CN(CCCCN)C1CCCc2cccnc21. The van der Waals surface area contributed by atoms with E-state index in [9.17, 15) is 13.6 Å². The van der Waals surface area contributed by atoms with Crippen molar-refractivity contribution in [1.82, 2.24) is 19.7 Å². The first-order valence-electron chi connectivity index (χ1n) is 17.1. The van der Waals surface area contributed by atoms with E-state index in [1.165, 1.54) is 23.2 Å². The van der Waals surface area contributed by atoms with Gasteiger partial charge in [0, 0.05) is 63.6 Å². The third-order valence-corrected chi connectivity index (χ3v) is 10.5. The van der Waals surface area contributed by atoms with Gasteiger partial charge >= 0.3 is 0 Å². The molecule has 1 aromatic carbocycles. The number of aromatic nitrogens is 1. The number of unbranched alkanes of at least 4 members (excludes halogenated alkanes) is 1. The number of hydrogen-bond donors (Lipinski definition) is 1. The molecule has 1 saturated carbocycles. The number of nitrogens with two attached hydrogens (primary N) is 1. The minimum absolute atomic E-state index is 0.113. The highest BCUT2D eigenvalue weighted by Gasteiger charge is 2.38. The molecule has 2 N–H and O–H groups in total. The van der Waals surface area contributed by atoms with Gasteiger partial charge in [0.2, 0.25) is 5.92 Å². The molecule has 44 heavy (non-hydrogen) atoms. The minimum atomic E-state index is -2.61. The van der Waals surface area contributed by atoms with Gasteiger partial charge in [0.05, 0.1) is 11.7 Å². The van der Waals surface area contributed by atoms with E-state index in [2.05, 4.69) is 46.0 Å². The Hall–Kier alpha value is -2.26. The van der Waals surface area contributed by atoms with E-state index >= 15 is 0 Å². The second kappa shape index (κ2) is 15.8. The van der Waals surface area contributed by atoms with E-state index in [4.69, 9.17) is 10.7 Å². The molecule has 0 amide bonds. The second-order valence-electron chi connectivity index (χ2n) is 13.6. The number of ketones is 1. The number of Topliss-reactive ketones (excluding diaryl/α,β-unsaturated/α-hetero) is 1. The summed E-state index contributed by atoms with van der Waals surface area (Å²) in [6.45, 7) is 6.73. The number of benzene rings is 1. The third kappa shape index (κ3) is 8.93. The molecular formula is C36H53F2N5O. The van der Waals surface area contributed by atoms with Gasteiger partial charge in [-0.1, -0.05) is 36.4 Å². The number of halogens is 2. The molecule has 0 bridgehead atoms. The van der Waals surface area contributed by atoms with Crippen molar-refractivity contribution in [2.45, 2.75) is 94.6 Å². The van der Waals surface area contributed by atoms with Crippen molar-refractivity contribution in [3.63, 3.8) is 0 Å². The lowest BCUT2D eigenvalue weighted by Crippen LogP contribution is -2.56. The molecular weight excluding hydrogens is 556 g/mol. The maximum Gasteiger partial charge on any atom is 0.248 e. The number of piperazine rings is 1. The summed E-state index contributed by atoms with van der Waals surface area (Å²) in [7, 11) is 2.26. The van der Waals surface area contributed by atoms with Gasteiger partial charge in [-0.2, -0.15) is 0 Å². The summed E-state index contributed by atoms with van der Waals surface area (Å²) in [5, 5.41) is 0. The van der Waals surface area contributed by atoms with Crippen molar-refractivity contribution in [3.05, 3.63) is 65.5 Å². The zero-order valence-corrected chi connectivity index (χ0v) is 26.7. The Bertz CT molecular complexity index is 1170. The summed E-state index contributed by atoms with van der Waals surface area (Å²) in [4.78, 5) is 26.0. The van der Waals surface area contributed by atoms with Gasteiger partial charge in [0.15, 0.2) is 0 Å². The van der Waals surface area contributed by atoms with Crippen LogP contribution in [0.5, 0.6) is 0 Å². The van der Waals surface area contributed by atoms with Gasteiger partial charge < -0.3 is 10.6 Å². The molecule has 2 aromatic rings. The van der Waals surface area contributed by atoms with E-state index in [0.29, 0.717) is 31.3 Å². The summed E-state index contributed by atoms with van der Waals surface area (Å²) in [5.41, 5.74) is 9.72. The van der Waals surface area contributed by atoms with Crippen molar-refractivity contribution >= 4 is 5.78 Å². The average Bonchev–Trinajstić information content (AvgIpc) is 3.04. The zero-order chi connectivity index (χ0) is 30.9. The first kappa shape index (κ1) is 33.1. The Kier molecular flexibility index (Phi) is 11.9. The Labute approximate surface area is 263 Å². The summed E-state index contributed by atoms with van der Waals surface area (Å²) in [5.74, 6) is -2.55. The number of carbonyl (C=O) groups is 1. The summed E-state index contributed by atoms with van der Waals surface area (Å²) < 4.78 is 27.5. The van der Waals surface area contributed by atoms with Crippen LogP contribution >= 0.6 is 0 Å². The van der Waals surface area contributed by atoms with Gasteiger partial charge in [0.1, 0.15) is 5.78 Å². The van der Waals surface area contributed by atoms with E-state index in [1.54, 1.807) is 0 Å². The lowest BCUT2D eigenvalue weighted by molar-refractivity contribution is -0.127. The smallest absolute Gasteiger partial charge is 0.248 e. The van der Waals surface area contributed by atoms with Crippen molar-refractivity contribution in [3.8, 4) is 0 Å². The van der Waals surface area contributed by atoms with E-state index in [-0.39, 0.29) is 30.5 Å². The number of pyridine rings is 1. The molecule has 1 saturated heterocycles. The second-order valence-corrected chi connectivity index (χ2v) is 13.6. The fraction of sp³-hybridized carbons (Fsp3) is 0.667. The van der Waals surface area contributed by atoms with Crippen LogP contribution in [0.3, 0.4) is 0 Å². The van der Waals surface area contributed by atoms with E-state index in [0.717, 1.165) is 77.9 Å². The summed E-state index contributed by atoms with van der Waals surface area (Å²) >= 11 is 0. The molecule has 3 aliphatic rings. The van der Waals surface area contributed by atoms with Gasteiger partial charge in [0.25, 0.3) is 0 Å². The predicted octanol–water partition coefficient (Wildman–Crippen LogP) is 6.07. The Morgan fingerprint density at radius 1 is 1.09 bits per heavy atom. The standard InChI is InChI=1S/C36H53F2N5O/c1-41-23-24-42(22-16-31(28-9-3-2-4-10-28)25-34(44)29-14-17-36(37,38)18-15-29)26-32(41)27-43(21-6-5-19-39)33-13-7-11-30-12-8-20-40-35(30)33/h2-4,8-10,12,20,29,31-33H,5-7,11,13-19,21-27,39H2,1H3/t31-,32+,33?/m0/s1. The number of fused-ring (bicyclic) bond motifs is 1. The van der Waals surface area contributed by atoms with Gasteiger partial charge in [-0.15, -0.1) is 0 Å². The lowest BCUT2D eigenvalue weighted by atomic mass is 9.80. The van der Waals surface area contributed by atoms with Gasteiger partial charge in [-0.3, -0.25) is 19.6 Å². The topological polar surface area (TPSA) is 65.7 Å². The Morgan fingerprint density at radius 2 is 1.89 bits per heavy atom. The van der Waals surface area contributed by atoms with Gasteiger partial charge in [-0.05, 0) is 101 Å². The predicted molar refractivity (Wildman–Crippen MR) is 173 cm³/mol. The maximum absolute atomic E-state index is 13.8. The van der Waals surface area contributed by atoms with Crippen LogP contribution in [-0.2, 0) is 11.2 Å². The number of rotatable bonds is 14. The fourth-order valence-electron chi connectivity index (χ4n) is 7.68. The molecule has 1 unspecified atom stereocenters.